The maximum absolute atomic E-state index is 5.79. The zero-order valence-electron chi connectivity index (χ0n) is 12.9. The van der Waals surface area contributed by atoms with E-state index in [1.807, 2.05) is 0 Å². The molecule has 1 aromatic heterocycles. The van der Waals surface area contributed by atoms with Crippen LogP contribution in [0.5, 0.6) is 0 Å². The minimum atomic E-state index is 0.708. The molecule has 112 valence electrons. The molecule has 3 rings (SSSR count). The van der Waals surface area contributed by atoms with Crippen LogP contribution in [0.25, 0.3) is 0 Å². The lowest BCUT2D eigenvalue weighted by Gasteiger charge is -2.42. The van der Waals surface area contributed by atoms with Crippen molar-refractivity contribution in [1.82, 2.24) is 9.78 Å². The van der Waals surface area contributed by atoms with Crippen LogP contribution >= 0.6 is 0 Å². The molecule has 0 aromatic carbocycles. The quantitative estimate of drug-likeness (QED) is 0.921. The Morgan fingerprint density at radius 1 is 1.20 bits per heavy atom. The fourth-order valence-electron chi connectivity index (χ4n) is 4.32. The summed E-state index contributed by atoms with van der Waals surface area (Å²) in [5.74, 6) is 3.21. The molecule has 0 amide bonds. The van der Waals surface area contributed by atoms with Crippen molar-refractivity contribution in [2.24, 2.45) is 24.6 Å². The lowest BCUT2D eigenvalue weighted by Crippen LogP contribution is -2.43. The number of fused-ring (bicyclic) bond motifs is 1. The Balaban J connectivity index is 1.82. The van der Waals surface area contributed by atoms with Gasteiger partial charge in [0.1, 0.15) is 5.82 Å². The first-order chi connectivity index (χ1) is 9.70. The van der Waals surface area contributed by atoms with E-state index in [0.717, 1.165) is 24.0 Å². The van der Waals surface area contributed by atoms with Crippen LogP contribution in [-0.4, -0.2) is 29.4 Å². The van der Waals surface area contributed by atoms with Crippen LogP contribution in [0.15, 0.2) is 0 Å². The molecule has 2 N–H and O–H groups in total. The molecule has 2 unspecified atom stereocenters. The highest BCUT2D eigenvalue weighted by Crippen LogP contribution is 2.38. The predicted octanol–water partition coefficient (Wildman–Crippen LogP) is 2.25. The van der Waals surface area contributed by atoms with Crippen LogP contribution in [0.2, 0.25) is 0 Å². The molecule has 0 radical (unpaired) electrons. The minimum Gasteiger partial charge on any atom is -0.356 e. The highest BCUT2D eigenvalue weighted by atomic mass is 15.4. The van der Waals surface area contributed by atoms with E-state index in [9.17, 15) is 0 Å². The first kappa shape index (κ1) is 13.9. The molecule has 0 bridgehead atoms. The smallest absolute Gasteiger partial charge is 0.130 e. The van der Waals surface area contributed by atoms with Gasteiger partial charge in [0.25, 0.3) is 0 Å². The third-order valence-electron chi connectivity index (χ3n) is 5.30. The topological polar surface area (TPSA) is 47.1 Å². The van der Waals surface area contributed by atoms with Crippen LogP contribution in [0.4, 0.5) is 5.82 Å². The number of nitrogens with two attached hydrogens (primary N) is 1. The van der Waals surface area contributed by atoms with E-state index in [-0.39, 0.29) is 0 Å². The van der Waals surface area contributed by atoms with Crippen molar-refractivity contribution < 1.29 is 0 Å². The molecule has 2 heterocycles. The Morgan fingerprint density at radius 2 is 1.95 bits per heavy atom. The second-order valence-corrected chi connectivity index (χ2v) is 6.59. The third-order valence-corrected chi connectivity index (χ3v) is 5.30. The summed E-state index contributed by atoms with van der Waals surface area (Å²) in [6.07, 6.45) is 8.05. The van der Waals surface area contributed by atoms with E-state index in [1.54, 1.807) is 0 Å². The summed E-state index contributed by atoms with van der Waals surface area (Å²) in [5, 5.41) is 4.63. The molecule has 0 spiro atoms. The summed E-state index contributed by atoms with van der Waals surface area (Å²) in [5.41, 5.74) is 8.30. The van der Waals surface area contributed by atoms with E-state index in [2.05, 4.69) is 28.7 Å². The summed E-state index contributed by atoms with van der Waals surface area (Å²) >= 11 is 0. The Labute approximate surface area is 122 Å². The number of rotatable bonds is 3. The van der Waals surface area contributed by atoms with Crippen LogP contribution in [-0.2, 0) is 13.5 Å². The number of nitrogens with zero attached hydrogens (tertiary/aromatic N) is 3. The van der Waals surface area contributed by atoms with Gasteiger partial charge < -0.3 is 10.6 Å². The van der Waals surface area contributed by atoms with Crippen molar-refractivity contribution in [3.05, 3.63) is 11.3 Å². The van der Waals surface area contributed by atoms with Crippen molar-refractivity contribution in [3.8, 4) is 0 Å². The first-order valence-electron chi connectivity index (χ1n) is 8.18. The van der Waals surface area contributed by atoms with Crippen LogP contribution < -0.4 is 10.6 Å². The second kappa shape index (κ2) is 5.76. The molecule has 2 fully saturated rings. The SMILES string of the molecule is Cc1nn(C)c(N2CCC3CCCCC3C2)c1CCN. The normalized spacial score (nSPS) is 26.6. The molecular weight excluding hydrogens is 248 g/mol. The van der Waals surface area contributed by atoms with Gasteiger partial charge in [-0.25, -0.2) is 0 Å². The van der Waals surface area contributed by atoms with E-state index in [1.165, 1.54) is 56.6 Å². The van der Waals surface area contributed by atoms with E-state index < -0.39 is 0 Å². The first-order valence-corrected chi connectivity index (χ1v) is 8.18. The summed E-state index contributed by atoms with van der Waals surface area (Å²) in [4.78, 5) is 2.58. The Morgan fingerprint density at radius 3 is 2.70 bits per heavy atom. The number of hydrogen-bond acceptors (Lipinski definition) is 3. The largest absolute Gasteiger partial charge is 0.356 e. The summed E-state index contributed by atoms with van der Waals surface area (Å²) in [7, 11) is 2.08. The van der Waals surface area contributed by atoms with Gasteiger partial charge in [0, 0.05) is 25.7 Å². The third kappa shape index (κ3) is 2.46. The molecule has 1 saturated heterocycles. The Bertz CT molecular complexity index is 465. The van der Waals surface area contributed by atoms with E-state index in [4.69, 9.17) is 5.73 Å². The van der Waals surface area contributed by atoms with Crippen LogP contribution in [0.3, 0.4) is 0 Å². The molecule has 1 saturated carbocycles. The maximum Gasteiger partial charge on any atom is 0.130 e. The van der Waals surface area contributed by atoms with Gasteiger partial charge >= 0.3 is 0 Å². The minimum absolute atomic E-state index is 0.708. The van der Waals surface area contributed by atoms with Gasteiger partial charge in [-0.15, -0.1) is 0 Å². The number of piperidine rings is 1. The Hall–Kier alpha value is -1.03. The molecule has 20 heavy (non-hydrogen) atoms. The number of hydrogen-bond donors (Lipinski definition) is 1. The maximum atomic E-state index is 5.79. The van der Waals surface area contributed by atoms with E-state index >= 15 is 0 Å². The number of aryl methyl sites for hydroxylation is 2. The molecule has 2 atom stereocenters. The zero-order valence-corrected chi connectivity index (χ0v) is 12.9. The average molecular weight is 276 g/mol. The summed E-state index contributed by atoms with van der Waals surface area (Å²) < 4.78 is 2.07. The van der Waals surface area contributed by atoms with Gasteiger partial charge in [0.2, 0.25) is 0 Å². The molecular formula is C16H28N4. The molecule has 4 nitrogen and oxygen atoms in total. The van der Waals surface area contributed by atoms with Crippen molar-refractivity contribution in [1.29, 1.82) is 0 Å². The van der Waals surface area contributed by atoms with Crippen molar-refractivity contribution >= 4 is 5.82 Å². The van der Waals surface area contributed by atoms with Crippen molar-refractivity contribution in [3.63, 3.8) is 0 Å². The fraction of sp³-hybridized carbons (Fsp3) is 0.812. The summed E-state index contributed by atoms with van der Waals surface area (Å²) in [6, 6.07) is 0. The highest BCUT2D eigenvalue weighted by Gasteiger charge is 2.33. The average Bonchev–Trinajstić information content (AvgIpc) is 2.73. The number of aromatic nitrogens is 2. The molecule has 1 aromatic rings. The Kier molecular flexibility index (Phi) is 4.01. The molecule has 1 aliphatic heterocycles. The van der Waals surface area contributed by atoms with Crippen LogP contribution in [0, 0.1) is 18.8 Å². The molecule has 4 heteroatoms. The van der Waals surface area contributed by atoms with Gasteiger partial charge in [0.05, 0.1) is 5.69 Å². The van der Waals surface area contributed by atoms with Crippen LogP contribution in [0.1, 0.15) is 43.4 Å². The van der Waals surface area contributed by atoms with Gasteiger partial charge in [-0.2, -0.15) is 5.10 Å². The standard InChI is InChI=1S/C16H28N4/c1-12-15(7-9-17)16(19(2)18-12)20-10-8-13-5-3-4-6-14(13)11-20/h13-14H,3-11,17H2,1-2H3. The highest BCUT2D eigenvalue weighted by molar-refractivity contribution is 5.51. The van der Waals surface area contributed by atoms with Crippen molar-refractivity contribution in [2.75, 3.05) is 24.5 Å². The zero-order chi connectivity index (χ0) is 14.1. The lowest BCUT2D eigenvalue weighted by molar-refractivity contribution is 0.201. The molecule has 1 aliphatic carbocycles. The molecule has 2 aliphatic rings. The lowest BCUT2D eigenvalue weighted by atomic mass is 9.75. The van der Waals surface area contributed by atoms with Crippen molar-refractivity contribution in [2.45, 2.75) is 45.4 Å². The monoisotopic (exact) mass is 276 g/mol. The number of anilines is 1. The van der Waals surface area contributed by atoms with Gasteiger partial charge in [0.15, 0.2) is 0 Å². The fourth-order valence-corrected chi connectivity index (χ4v) is 4.32. The predicted molar refractivity (Wildman–Crippen MR) is 83.0 cm³/mol. The second-order valence-electron chi connectivity index (χ2n) is 6.59. The summed E-state index contributed by atoms with van der Waals surface area (Å²) in [6.45, 7) is 5.24. The van der Waals surface area contributed by atoms with Gasteiger partial charge in [-0.1, -0.05) is 19.3 Å². The van der Waals surface area contributed by atoms with Gasteiger partial charge in [-0.3, -0.25) is 4.68 Å². The van der Waals surface area contributed by atoms with Gasteiger partial charge in [-0.05, 0) is 44.6 Å². The van der Waals surface area contributed by atoms with E-state index in [0.29, 0.717) is 6.54 Å².